The monoisotopic (exact) mass is 287 g/mol. The number of nitrogens with zero attached hydrogens (tertiary/aromatic N) is 1. The maximum absolute atomic E-state index is 12.0. The van der Waals surface area contributed by atoms with Crippen LogP contribution in [0.15, 0.2) is 23.0 Å². The summed E-state index contributed by atoms with van der Waals surface area (Å²) in [7, 11) is 0. The normalized spacial score (nSPS) is 11.1. The lowest BCUT2D eigenvalue weighted by atomic mass is 10.1. The first-order valence-corrected chi connectivity index (χ1v) is 7.97. The van der Waals surface area contributed by atoms with E-state index in [1.807, 2.05) is 25.1 Å². The van der Waals surface area contributed by atoms with E-state index < -0.39 is 0 Å². The number of aromatic amines is 1. The minimum atomic E-state index is -0.0401. The molecule has 1 heterocycles. The molecule has 0 saturated carbocycles. The van der Waals surface area contributed by atoms with Crippen molar-refractivity contribution >= 4 is 10.9 Å². The van der Waals surface area contributed by atoms with Gasteiger partial charge in [-0.05, 0) is 30.7 Å². The Labute approximate surface area is 126 Å². The van der Waals surface area contributed by atoms with Crippen molar-refractivity contribution in [2.45, 2.75) is 52.5 Å². The number of rotatable bonds is 8. The van der Waals surface area contributed by atoms with E-state index in [1.165, 1.54) is 25.7 Å². The molecule has 0 aliphatic rings. The fraction of sp³-hybridized carbons (Fsp3) is 0.529. The van der Waals surface area contributed by atoms with Gasteiger partial charge in [-0.2, -0.15) is 0 Å². The van der Waals surface area contributed by atoms with Crippen LogP contribution in [0.4, 0.5) is 0 Å². The van der Waals surface area contributed by atoms with Gasteiger partial charge >= 0.3 is 0 Å². The number of aryl methyl sites for hydroxylation is 1. The summed E-state index contributed by atoms with van der Waals surface area (Å²) < 4.78 is 0. The first kappa shape index (κ1) is 15.7. The molecule has 0 bridgehead atoms. The van der Waals surface area contributed by atoms with Gasteiger partial charge in [-0.3, -0.25) is 4.79 Å². The molecule has 0 spiro atoms. The molecule has 4 nitrogen and oxygen atoms in total. The summed E-state index contributed by atoms with van der Waals surface area (Å²) in [6.45, 7) is 6.04. The van der Waals surface area contributed by atoms with Crippen LogP contribution < -0.4 is 10.9 Å². The molecule has 21 heavy (non-hydrogen) atoms. The van der Waals surface area contributed by atoms with E-state index in [-0.39, 0.29) is 5.56 Å². The Hall–Kier alpha value is -1.68. The van der Waals surface area contributed by atoms with Crippen molar-refractivity contribution in [1.29, 1.82) is 0 Å². The van der Waals surface area contributed by atoms with E-state index in [2.05, 4.69) is 22.2 Å². The molecule has 0 fully saturated rings. The average Bonchev–Trinajstić information content (AvgIpc) is 2.51. The number of benzene rings is 1. The van der Waals surface area contributed by atoms with Crippen LogP contribution in [0.25, 0.3) is 10.9 Å². The fourth-order valence-electron chi connectivity index (χ4n) is 2.42. The molecule has 1 aromatic carbocycles. The van der Waals surface area contributed by atoms with Gasteiger partial charge in [-0.1, -0.05) is 39.2 Å². The van der Waals surface area contributed by atoms with Crippen LogP contribution in [0.1, 0.15) is 50.9 Å². The maximum atomic E-state index is 12.0. The Bertz CT molecular complexity index is 633. The average molecular weight is 287 g/mol. The Balaban J connectivity index is 1.99. The molecule has 2 N–H and O–H groups in total. The summed E-state index contributed by atoms with van der Waals surface area (Å²) in [6.07, 6.45) is 5.80. The van der Waals surface area contributed by atoms with Crippen LogP contribution in [0.2, 0.25) is 0 Å². The molecule has 0 saturated heterocycles. The van der Waals surface area contributed by atoms with Gasteiger partial charge in [0, 0.05) is 13.0 Å². The van der Waals surface area contributed by atoms with Crippen LogP contribution >= 0.6 is 0 Å². The van der Waals surface area contributed by atoms with E-state index in [1.54, 1.807) is 0 Å². The smallest absolute Gasteiger partial charge is 0.258 e. The van der Waals surface area contributed by atoms with Crippen molar-refractivity contribution in [3.63, 3.8) is 0 Å². The third-order valence-corrected chi connectivity index (χ3v) is 3.69. The van der Waals surface area contributed by atoms with Gasteiger partial charge in [0.05, 0.1) is 10.9 Å². The molecule has 0 atom stereocenters. The Kier molecular flexibility index (Phi) is 5.93. The number of fused-ring (bicyclic) bond motifs is 1. The second-order valence-electron chi connectivity index (χ2n) is 5.46. The lowest BCUT2D eigenvalue weighted by Gasteiger charge is -2.06. The third-order valence-electron chi connectivity index (χ3n) is 3.69. The van der Waals surface area contributed by atoms with Crippen LogP contribution in [0.3, 0.4) is 0 Å². The molecule has 1 aromatic heterocycles. The van der Waals surface area contributed by atoms with Gasteiger partial charge in [-0.25, -0.2) is 4.98 Å². The van der Waals surface area contributed by atoms with Crippen molar-refractivity contribution in [3.8, 4) is 0 Å². The molecule has 0 aliphatic heterocycles. The number of hydrogen-bond acceptors (Lipinski definition) is 3. The van der Waals surface area contributed by atoms with Gasteiger partial charge in [0.25, 0.3) is 5.56 Å². The van der Waals surface area contributed by atoms with Crippen molar-refractivity contribution < 1.29 is 0 Å². The Morgan fingerprint density at radius 1 is 1.19 bits per heavy atom. The summed E-state index contributed by atoms with van der Waals surface area (Å²) in [5, 5.41) is 4.11. The van der Waals surface area contributed by atoms with Crippen molar-refractivity contribution in [3.05, 3.63) is 39.9 Å². The highest BCUT2D eigenvalue weighted by molar-refractivity contribution is 5.78. The van der Waals surface area contributed by atoms with E-state index in [0.717, 1.165) is 36.4 Å². The van der Waals surface area contributed by atoms with Crippen molar-refractivity contribution in [1.82, 2.24) is 15.3 Å². The van der Waals surface area contributed by atoms with Crippen LogP contribution in [0.5, 0.6) is 0 Å². The molecule has 2 rings (SSSR count). The zero-order valence-corrected chi connectivity index (χ0v) is 13.0. The topological polar surface area (TPSA) is 57.8 Å². The molecule has 0 radical (unpaired) electrons. The molecular formula is C17H25N3O. The number of H-pyrrole nitrogens is 1. The van der Waals surface area contributed by atoms with Crippen LogP contribution in [0, 0.1) is 0 Å². The zero-order valence-electron chi connectivity index (χ0n) is 13.0. The second-order valence-corrected chi connectivity index (χ2v) is 5.46. The largest absolute Gasteiger partial charge is 0.313 e. The fourth-order valence-corrected chi connectivity index (χ4v) is 2.42. The SMILES string of the molecule is CCCCCCNCc1ccc2nc(CC)[nH]c(=O)c2c1. The van der Waals surface area contributed by atoms with Gasteiger partial charge in [0.1, 0.15) is 5.82 Å². The molecule has 0 amide bonds. The summed E-state index contributed by atoms with van der Waals surface area (Å²) in [4.78, 5) is 19.3. The Morgan fingerprint density at radius 3 is 2.81 bits per heavy atom. The highest BCUT2D eigenvalue weighted by Crippen LogP contribution is 2.10. The molecule has 4 heteroatoms. The first-order chi connectivity index (χ1) is 10.2. The first-order valence-electron chi connectivity index (χ1n) is 7.97. The highest BCUT2D eigenvalue weighted by Gasteiger charge is 2.04. The van der Waals surface area contributed by atoms with Gasteiger partial charge in [0.15, 0.2) is 0 Å². The van der Waals surface area contributed by atoms with Crippen molar-refractivity contribution in [2.24, 2.45) is 0 Å². The Morgan fingerprint density at radius 2 is 2.05 bits per heavy atom. The number of aromatic nitrogens is 2. The predicted molar refractivity (Wildman–Crippen MR) is 87.6 cm³/mol. The number of hydrogen-bond donors (Lipinski definition) is 2. The summed E-state index contributed by atoms with van der Waals surface area (Å²) in [5.41, 5.74) is 1.87. The summed E-state index contributed by atoms with van der Waals surface area (Å²) in [6, 6.07) is 5.94. The molecule has 0 unspecified atom stereocenters. The van der Waals surface area contributed by atoms with Crippen LogP contribution in [-0.2, 0) is 13.0 Å². The van der Waals surface area contributed by atoms with E-state index >= 15 is 0 Å². The van der Waals surface area contributed by atoms with E-state index in [9.17, 15) is 4.79 Å². The predicted octanol–water partition coefficient (Wildman–Crippen LogP) is 3.16. The van der Waals surface area contributed by atoms with Crippen LogP contribution in [-0.4, -0.2) is 16.5 Å². The lowest BCUT2D eigenvalue weighted by molar-refractivity contribution is 0.598. The lowest BCUT2D eigenvalue weighted by Crippen LogP contribution is -2.16. The minimum absolute atomic E-state index is 0.0401. The maximum Gasteiger partial charge on any atom is 0.258 e. The summed E-state index contributed by atoms with van der Waals surface area (Å²) in [5.74, 6) is 0.745. The van der Waals surface area contributed by atoms with Gasteiger partial charge in [-0.15, -0.1) is 0 Å². The summed E-state index contributed by atoms with van der Waals surface area (Å²) >= 11 is 0. The second kappa shape index (κ2) is 7.93. The van der Waals surface area contributed by atoms with E-state index in [4.69, 9.17) is 0 Å². The van der Waals surface area contributed by atoms with Crippen molar-refractivity contribution in [2.75, 3.05) is 6.54 Å². The van der Waals surface area contributed by atoms with Gasteiger partial charge in [0.2, 0.25) is 0 Å². The molecule has 2 aromatic rings. The highest BCUT2D eigenvalue weighted by atomic mass is 16.1. The molecular weight excluding hydrogens is 262 g/mol. The molecule has 0 aliphatic carbocycles. The number of nitrogens with one attached hydrogen (secondary N) is 2. The third kappa shape index (κ3) is 4.39. The number of unbranched alkanes of at least 4 members (excludes halogenated alkanes) is 3. The zero-order chi connectivity index (χ0) is 15.1. The van der Waals surface area contributed by atoms with E-state index in [0.29, 0.717) is 5.39 Å². The molecule has 114 valence electrons. The standard InChI is InChI=1S/C17H25N3O/c1-3-5-6-7-10-18-12-13-8-9-15-14(11-13)17(21)20-16(4-2)19-15/h8-9,11,18H,3-7,10,12H2,1-2H3,(H,19,20,21). The minimum Gasteiger partial charge on any atom is -0.313 e. The quantitative estimate of drug-likeness (QED) is 0.733. The van der Waals surface area contributed by atoms with Gasteiger partial charge < -0.3 is 10.3 Å².